The summed E-state index contributed by atoms with van der Waals surface area (Å²) in [4.78, 5) is 0. The van der Waals surface area contributed by atoms with Crippen LogP contribution in [0.5, 0.6) is 0 Å². The van der Waals surface area contributed by atoms with Crippen LogP contribution in [0.1, 0.15) is 49.8 Å². The van der Waals surface area contributed by atoms with Gasteiger partial charge in [0.05, 0.1) is 6.10 Å². The minimum Gasteiger partial charge on any atom is -0.388 e. The first-order valence-corrected chi connectivity index (χ1v) is 8.75. The number of hydrogen-bond donors (Lipinski definition) is 1. The summed E-state index contributed by atoms with van der Waals surface area (Å²) in [5.41, 5.74) is 2.38. The standard InChI is InChI=1S/C22H28O/c1-2-3-15-20(22(23)21-16-8-5-9-17-21)18-11-10-14-19-12-6-4-7-13-19/h4-9,11-13,16-18,20,22-23H,2-3,10,14-15H2,1H3/b18-11-/t20-,22+/m1/s1. The lowest BCUT2D eigenvalue weighted by Crippen LogP contribution is -2.10. The van der Waals surface area contributed by atoms with Crippen LogP contribution in [0.2, 0.25) is 0 Å². The minimum absolute atomic E-state index is 0.202. The Bertz CT molecular complexity index is 559. The second kappa shape index (κ2) is 10.0. The molecule has 0 fully saturated rings. The summed E-state index contributed by atoms with van der Waals surface area (Å²) < 4.78 is 0. The van der Waals surface area contributed by atoms with E-state index in [1.807, 2.05) is 30.3 Å². The zero-order valence-corrected chi connectivity index (χ0v) is 14.1. The topological polar surface area (TPSA) is 20.2 Å². The zero-order valence-electron chi connectivity index (χ0n) is 14.1. The van der Waals surface area contributed by atoms with Crippen LogP contribution in [0.15, 0.2) is 72.8 Å². The highest BCUT2D eigenvalue weighted by molar-refractivity contribution is 5.19. The van der Waals surface area contributed by atoms with Crippen LogP contribution in [-0.2, 0) is 6.42 Å². The van der Waals surface area contributed by atoms with Crippen molar-refractivity contribution in [3.8, 4) is 0 Å². The molecule has 1 heteroatoms. The van der Waals surface area contributed by atoms with Gasteiger partial charge in [-0.25, -0.2) is 0 Å². The minimum atomic E-state index is -0.407. The molecule has 0 aliphatic carbocycles. The normalized spacial score (nSPS) is 14.0. The van der Waals surface area contributed by atoms with Crippen LogP contribution in [0.25, 0.3) is 0 Å². The Labute approximate surface area is 140 Å². The molecule has 1 nitrogen and oxygen atoms in total. The van der Waals surface area contributed by atoms with Crippen molar-refractivity contribution in [3.63, 3.8) is 0 Å². The quantitative estimate of drug-likeness (QED) is 0.588. The summed E-state index contributed by atoms with van der Waals surface area (Å²) in [6.45, 7) is 2.20. The van der Waals surface area contributed by atoms with Gasteiger partial charge in [0, 0.05) is 5.92 Å². The molecule has 0 aliphatic heterocycles. The van der Waals surface area contributed by atoms with Gasteiger partial charge in [-0.15, -0.1) is 0 Å². The fourth-order valence-corrected chi connectivity index (χ4v) is 2.86. The molecule has 122 valence electrons. The van der Waals surface area contributed by atoms with Gasteiger partial charge in [-0.1, -0.05) is 92.6 Å². The maximum absolute atomic E-state index is 10.7. The van der Waals surface area contributed by atoms with E-state index < -0.39 is 6.10 Å². The molecule has 0 spiro atoms. The number of rotatable bonds is 9. The van der Waals surface area contributed by atoms with Gasteiger partial charge < -0.3 is 5.11 Å². The Hall–Kier alpha value is -1.86. The molecule has 2 aromatic rings. The van der Waals surface area contributed by atoms with Gasteiger partial charge in [-0.05, 0) is 30.4 Å². The average molecular weight is 308 g/mol. The van der Waals surface area contributed by atoms with Crippen molar-refractivity contribution in [2.45, 2.75) is 45.1 Å². The van der Waals surface area contributed by atoms with E-state index in [-0.39, 0.29) is 5.92 Å². The molecule has 0 aromatic heterocycles. The summed E-state index contributed by atoms with van der Waals surface area (Å²) in [5.74, 6) is 0.202. The molecule has 2 rings (SSSR count). The molecule has 2 aromatic carbocycles. The third-order valence-electron chi connectivity index (χ3n) is 4.26. The number of aryl methyl sites for hydroxylation is 1. The smallest absolute Gasteiger partial charge is 0.0852 e. The lowest BCUT2D eigenvalue weighted by molar-refractivity contribution is 0.125. The molecule has 0 unspecified atom stereocenters. The van der Waals surface area contributed by atoms with Crippen LogP contribution in [0, 0.1) is 5.92 Å². The van der Waals surface area contributed by atoms with Crippen molar-refractivity contribution in [1.82, 2.24) is 0 Å². The van der Waals surface area contributed by atoms with E-state index in [0.717, 1.165) is 37.7 Å². The molecular formula is C22H28O. The summed E-state index contributed by atoms with van der Waals surface area (Å²) in [6, 6.07) is 20.6. The maximum Gasteiger partial charge on any atom is 0.0852 e. The molecule has 1 N–H and O–H groups in total. The van der Waals surface area contributed by atoms with E-state index >= 15 is 0 Å². The summed E-state index contributed by atoms with van der Waals surface area (Å²) in [6.07, 6.45) is 9.47. The van der Waals surface area contributed by atoms with Gasteiger partial charge >= 0.3 is 0 Å². The molecule has 0 radical (unpaired) electrons. The molecule has 0 amide bonds. The van der Waals surface area contributed by atoms with Gasteiger partial charge in [-0.3, -0.25) is 0 Å². The molecule has 0 bridgehead atoms. The SMILES string of the molecule is CCCC[C@H](/C=C\CCc1ccccc1)[C@H](O)c1ccccc1. The van der Waals surface area contributed by atoms with E-state index in [9.17, 15) is 5.11 Å². The van der Waals surface area contributed by atoms with E-state index in [1.54, 1.807) is 0 Å². The van der Waals surface area contributed by atoms with Crippen molar-refractivity contribution >= 4 is 0 Å². The lowest BCUT2D eigenvalue weighted by atomic mass is 9.90. The number of benzene rings is 2. The predicted molar refractivity (Wildman–Crippen MR) is 98.3 cm³/mol. The number of unbranched alkanes of at least 4 members (excludes halogenated alkanes) is 1. The second-order valence-corrected chi connectivity index (χ2v) is 6.11. The van der Waals surface area contributed by atoms with Crippen molar-refractivity contribution in [2.75, 3.05) is 0 Å². The molecule has 0 heterocycles. The summed E-state index contributed by atoms with van der Waals surface area (Å²) in [5, 5.41) is 10.7. The van der Waals surface area contributed by atoms with Gasteiger partial charge in [0.1, 0.15) is 0 Å². The van der Waals surface area contributed by atoms with Crippen LogP contribution in [-0.4, -0.2) is 5.11 Å². The highest BCUT2D eigenvalue weighted by Gasteiger charge is 2.17. The van der Waals surface area contributed by atoms with Crippen LogP contribution < -0.4 is 0 Å². The van der Waals surface area contributed by atoms with E-state index in [1.165, 1.54) is 5.56 Å². The number of aliphatic hydroxyl groups excluding tert-OH is 1. The molecule has 0 aliphatic rings. The number of allylic oxidation sites excluding steroid dienone is 1. The van der Waals surface area contributed by atoms with Crippen molar-refractivity contribution in [1.29, 1.82) is 0 Å². The fourth-order valence-electron chi connectivity index (χ4n) is 2.86. The van der Waals surface area contributed by atoms with Gasteiger partial charge in [0.2, 0.25) is 0 Å². The highest BCUT2D eigenvalue weighted by atomic mass is 16.3. The third-order valence-corrected chi connectivity index (χ3v) is 4.26. The Kier molecular flexibility index (Phi) is 7.62. The van der Waals surface area contributed by atoms with Crippen molar-refractivity contribution in [2.24, 2.45) is 5.92 Å². The zero-order chi connectivity index (χ0) is 16.3. The molecule has 0 saturated carbocycles. The van der Waals surface area contributed by atoms with E-state index in [2.05, 4.69) is 49.4 Å². The lowest BCUT2D eigenvalue weighted by Gasteiger charge is -2.20. The van der Waals surface area contributed by atoms with Crippen LogP contribution in [0.3, 0.4) is 0 Å². The van der Waals surface area contributed by atoms with E-state index in [4.69, 9.17) is 0 Å². The first-order chi connectivity index (χ1) is 11.3. The largest absolute Gasteiger partial charge is 0.388 e. The Morgan fingerprint density at radius 3 is 2.26 bits per heavy atom. The Morgan fingerprint density at radius 2 is 1.61 bits per heavy atom. The van der Waals surface area contributed by atoms with E-state index in [0.29, 0.717) is 0 Å². The Balaban J connectivity index is 1.93. The third kappa shape index (κ3) is 6.03. The fraction of sp³-hybridized carbons (Fsp3) is 0.364. The Morgan fingerprint density at radius 1 is 0.957 bits per heavy atom. The van der Waals surface area contributed by atoms with Crippen molar-refractivity contribution < 1.29 is 5.11 Å². The van der Waals surface area contributed by atoms with Gasteiger partial charge in [-0.2, -0.15) is 0 Å². The molecule has 0 saturated heterocycles. The predicted octanol–water partition coefficient (Wildman–Crippen LogP) is 5.72. The first kappa shape index (κ1) is 17.5. The van der Waals surface area contributed by atoms with Gasteiger partial charge in [0.15, 0.2) is 0 Å². The van der Waals surface area contributed by atoms with Crippen LogP contribution in [0.4, 0.5) is 0 Å². The number of hydrogen-bond acceptors (Lipinski definition) is 1. The average Bonchev–Trinajstić information content (AvgIpc) is 2.62. The number of aliphatic hydroxyl groups is 1. The van der Waals surface area contributed by atoms with Gasteiger partial charge in [0.25, 0.3) is 0 Å². The molecular weight excluding hydrogens is 280 g/mol. The van der Waals surface area contributed by atoms with Crippen molar-refractivity contribution in [3.05, 3.63) is 83.9 Å². The summed E-state index contributed by atoms with van der Waals surface area (Å²) in [7, 11) is 0. The molecule has 23 heavy (non-hydrogen) atoms. The monoisotopic (exact) mass is 308 g/mol. The highest BCUT2D eigenvalue weighted by Crippen LogP contribution is 2.27. The molecule has 2 atom stereocenters. The van der Waals surface area contributed by atoms with Crippen LogP contribution >= 0.6 is 0 Å². The summed E-state index contributed by atoms with van der Waals surface area (Å²) >= 11 is 0. The second-order valence-electron chi connectivity index (χ2n) is 6.11. The maximum atomic E-state index is 10.7. The first-order valence-electron chi connectivity index (χ1n) is 8.75.